The Morgan fingerprint density at radius 2 is 1.82 bits per heavy atom. The van der Waals surface area contributed by atoms with Gasteiger partial charge < -0.3 is 5.11 Å². The van der Waals surface area contributed by atoms with Crippen molar-refractivity contribution in [3.8, 4) is 0 Å². The molecule has 0 aliphatic carbocycles. The molecule has 0 spiro atoms. The zero-order chi connectivity index (χ0) is 16.1. The van der Waals surface area contributed by atoms with E-state index < -0.39 is 12.1 Å². The predicted molar refractivity (Wildman–Crippen MR) is 81.5 cm³/mol. The zero-order valence-corrected chi connectivity index (χ0v) is 12.1. The summed E-state index contributed by atoms with van der Waals surface area (Å²) >= 11 is 5.92. The first-order valence-corrected chi connectivity index (χ1v) is 6.65. The average molecular weight is 318 g/mol. The highest BCUT2D eigenvalue weighted by Crippen LogP contribution is 2.26. The summed E-state index contributed by atoms with van der Waals surface area (Å²) in [6.07, 6.45) is -1.49. The summed E-state index contributed by atoms with van der Waals surface area (Å²) < 4.78 is 0. The molecule has 2 aromatic rings. The fourth-order valence-electron chi connectivity index (χ4n) is 1.70. The summed E-state index contributed by atoms with van der Waals surface area (Å²) in [6, 6.07) is 13.1. The van der Waals surface area contributed by atoms with Gasteiger partial charge in [0.05, 0.1) is 11.3 Å². The van der Waals surface area contributed by atoms with Gasteiger partial charge in [-0.05, 0) is 18.2 Å². The molecule has 2 rings (SSSR count). The van der Waals surface area contributed by atoms with Gasteiger partial charge in [0.2, 0.25) is 6.17 Å². The third kappa shape index (κ3) is 3.75. The maximum Gasteiger partial charge on any atom is 0.345 e. The largest absolute Gasteiger partial charge is 0.479 e. The van der Waals surface area contributed by atoms with Crippen LogP contribution in [0, 0.1) is 0 Å². The quantitative estimate of drug-likeness (QED) is 0.653. The summed E-state index contributed by atoms with van der Waals surface area (Å²) in [6.45, 7) is 0. The van der Waals surface area contributed by atoms with Gasteiger partial charge in [-0.15, -0.1) is 0 Å². The van der Waals surface area contributed by atoms with Crippen molar-refractivity contribution in [3.63, 3.8) is 0 Å². The van der Waals surface area contributed by atoms with Crippen LogP contribution in [0.15, 0.2) is 58.8 Å². The molecule has 0 aliphatic rings. The van der Waals surface area contributed by atoms with Crippen LogP contribution in [0.2, 0.25) is 5.02 Å². The number of nitrogens with zero attached hydrogens (tertiary/aromatic N) is 2. The molecule has 0 heterocycles. The van der Waals surface area contributed by atoms with Crippen molar-refractivity contribution in [1.29, 1.82) is 0 Å². The van der Waals surface area contributed by atoms with Crippen molar-refractivity contribution < 1.29 is 14.7 Å². The van der Waals surface area contributed by atoms with E-state index in [-0.39, 0.29) is 17.0 Å². The van der Waals surface area contributed by atoms with E-state index in [4.69, 9.17) is 22.4 Å². The lowest BCUT2D eigenvalue weighted by molar-refractivity contribution is -0.138. The molecule has 2 aromatic carbocycles. The maximum absolute atomic E-state index is 12.5. The van der Waals surface area contributed by atoms with Gasteiger partial charge in [0, 0.05) is 10.6 Å². The lowest BCUT2D eigenvalue weighted by Gasteiger charge is -2.06. The Labute approximate surface area is 131 Å². The molecule has 1 atom stereocenters. The average Bonchev–Trinajstić information content (AvgIpc) is 2.53. The Bertz CT molecular complexity index is 732. The number of nitrogens with two attached hydrogens (primary N) is 1. The lowest BCUT2D eigenvalue weighted by Crippen LogP contribution is -2.27. The van der Waals surface area contributed by atoms with E-state index in [2.05, 4.69) is 10.2 Å². The first kappa shape index (κ1) is 15.8. The van der Waals surface area contributed by atoms with Crippen molar-refractivity contribution >= 4 is 29.0 Å². The molecule has 0 radical (unpaired) electrons. The minimum Gasteiger partial charge on any atom is -0.479 e. The first-order chi connectivity index (χ1) is 10.5. The van der Waals surface area contributed by atoms with Gasteiger partial charge in [-0.1, -0.05) is 41.9 Å². The van der Waals surface area contributed by atoms with Crippen LogP contribution >= 0.6 is 11.6 Å². The fraction of sp³-hybridized carbons (Fsp3) is 0.0667. The van der Waals surface area contributed by atoms with E-state index in [0.29, 0.717) is 10.6 Å². The molecule has 0 amide bonds. The number of azo groups is 1. The number of carboxylic acids is 1. The third-order valence-electron chi connectivity index (χ3n) is 2.78. The summed E-state index contributed by atoms with van der Waals surface area (Å²) in [5, 5.41) is 16.3. The highest BCUT2D eigenvalue weighted by Gasteiger charge is 2.15. The topological polar surface area (TPSA) is 105 Å². The normalized spacial score (nSPS) is 12.3. The number of halogens is 1. The standard InChI is InChI=1S/C15H12ClN3O3/c16-10-6-7-12(18-19-14(17)15(21)22)11(8-10)13(20)9-4-2-1-3-5-9/h1-8,14H,17H2,(H,21,22)/b19-18+. The van der Waals surface area contributed by atoms with Crippen LogP contribution in [-0.2, 0) is 4.79 Å². The molecule has 0 fully saturated rings. The number of benzene rings is 2. The summed E-state index contributed by atoms with van der Waals surface area (Å²) in [5.41, 5.74) is 6.15. The third-order valence-corrected chi connectivity index (χ3v) is 3.02. The molecule has 0 saturated carbocycles. The number of carboxylic acid groups (broad SMARTS) is 1. The lowest BCUT2D eigenvalue weighted by atomic mass is 10.0. The Balaban J connectivity index is 2.40. The summed E-state index contributed by atoms with van der Waals surface area (Å²) in [4.78, 5) is 23.1. The van der Waals surface area contributed by atoms with Gasteiger partial charge in [-0.3, -0.25) is 10.5 Å². The van der Waals surface area contributed by atoms with E-state index >= 15 is 0 Å². The van der Waals surface area contributed by atoms with Crippen LogP contribution in [0.5, 0.6) is 0 Å². The second-order valence-corrected chi connectivity index (χ2v) is 4.79. The molecule has 22 heavy (non-hydrogen) atoms. The fourth-order valence-corrected chi connectivity index (χ4v) is 1.87. The number of carbonyl (C=O) groups excluding carboxylic acids is 1. The van der Waals surface area contributed by atoms with Gasteiger partial charge in [-0.25, -0.2) is 4.79 Å². The molecule has 1 unspecified atom stereocenters. The van der Waals surface area contributed by atoms with E-state index in [1.54, 1.807) is 30.3 Å². The van der Waals surface area contributed by atoms with E-state index in [9.17, 15) is 9.59 Å². The van der Waals surface area contributed by atoms with Crippen LogP contribution in [0.4, 0.5) is 5.69 Å². The second kappa shape index (κ2) is 6.93. The second-order valence-electron chi connectivity index (χ2n) is 4.36. The molecular weight excluding hydrogens is 306 g/mol. The maximum atomic E-state index is 12.5. The van der Waals surface area contributed by atoms with Gasteiger partial charge in [0.25, 0.3) is 0 Å². The van der Waals surface area contributed by atoms with Crippen LogP contribution in [0.1, 0.15) is 15.9 Å². The first-order valence-electron chi connectivity index (χ1n) is 6.27. The number of rotatable bonds is 5. The van der Waals surface area contributed by atoms with Gasteiger partial charge in [-0.2, -0.15) is 10.2 Å². The number of carbonyl (C=O) groups is 2. The monoisotopic (exact) mass is 317 g/mol. The molecule has 7 heteroatoms. The van der Waals surface area contributed by atoms with Crippen LogP contribution < -0.4 is 5.73 Å². The van der Waals surface area contributed by atoms with E-state index in [1.807, 2.05) is 0 Å². The van der Waals surface area contributed by atoms with Gasteiger partial charge in [0.1, 0.15) is 0 Å². The summed E-state index contributed by atoms with van der Waals surface area (Å²) in [7, 11) is 0. The van der Waals surface area contributed by atoms with E-state index in [0.717, 1.165) is 0 Å². The zero-order valence-electron chi connectivity index (χ0n) is 11.3. The molecular formula is C15H12ClN3O3. The minimum absolute atomic E-state index is 0.204. The predicted octanol–water partition coefficient (Wildman–Crippen LogP) is 3.02. The highest BCUT2D eigenvalue weighted by molar-refractivity contribution is 6.31. The molecule has 0 aromatic heterocycles. The van der Waals surface area contributed by atoms with Gasteiger partial charge >= 0.3 is 5.97 Å². The minimum atomic E-state index is -1.49. The van der Waals surface area contributed by atoms with Crippen molar-refractivity contribution in [1.82, 2.24) is 0 Å². The van der Waals surface area contributed by atoms with Crippen molar-refractivity contribution in [3.05, 3.63) is 64.7 Å². The molecule has 0 saturated heterocycles. The smallest absolute Gasteiger partial charge is 0.345 e. The Morgan fingerprint density at radius 1 is 1.14 bits per heavy atom. The molecule has 3 N–H and O–H groups in total. The molecule has 6 nitrogen and oxygen atoms in total. The molecule has 0 bridgehead atoms. The SMILES string of the molecule is NC(/N=N/c1ccc(Cl)cc1C(=O)c1ccccc1)C(=O)O. The number of aliphatic carboxylic acids is 1. The number of ketones is 1. The van der Waals surface area contributed by atoms with Gasteiger partial charge in [0.15, 0.2) is 5.78 Å². The van der Waals surface area contributed by atoms with E-state index in [1.165, 1.54) is 18.2 Å². The highest BCUT2D eigenvalue weighted by atomic mass is 35.5. The summed E-state index contributed by atoms with van der Waals surface area (Å²) in [5.74, 6) is -1.60. The molecule has 112 valence electrons. The van der Waals surface area contributed by atoms with Crippen LogP contribution in [-0.4, -0.2) is 23.0 Å². The van der Waals surface area contributed by atoms with Crippen LogP contribution in [0.3, 0.4) is 0 Å². The van der Waals surface area contributed by atoms with Crippen molar-refractivity contribution in [2.45, 2.75) is 6.17 Å². The Kier molecular flexibility index (Phi) is 4.98. The van der Waals surface area contributed by atoms with Crippen molar-refractivity contribution in [2.24, 2.45) is 16.0 Å². The Hall–Kier alpha value is -2.57. The molecule has 0 aliphatic heterocycles. The number of hydrogen-bond donors (Lipinski definition) is 2. The van der Waals surface area contributed by atoms with Crippen LogP contribution in [0.25, 0.3) is 0 Å². The number of hydrogen-bond acceptors (Lipinski definition) is 5. The van der Waals surface area contributed by atoms with Crippen molar-refractivity contribution in [2.75, 3.05) is 0 Å². The Morgan fingerprint density at radius 3 is 2.45 bits per heavy atom.